The van der Waals surface area contributed by atoms with Crippen molar-refractivity contribution >= 4 is 22.8 Å². The molecule has 0 radical (unpaired) electrons. The van der Waals surface area contributed by atoms with E-state index in [0.717, 1.165) is 10.8 Å². The normalized spacial score (nSPS) is 26.0. The molecule has 0 spiro atoms. The Hall–Kier alpha value is -2.10. The third-order valence-electron chi connectivity index (χ3n) is 5.69. The number of hydrogen-bond acceptors (Lipinski definition) is 7. The summed E-state index contributed by atoms with van der Waals surface area (Å²) in [7, 11) is 0. The molecular weight excluding hydrogens is 384 g/mol. The van der Waals surface area contributed by atoms with Gasteiger partial charge in [-0.3, -0.25) is 10.0 Å². The number of quaternary nitrogens is 1. The van der Waals surface area contributed by atoms with Gasteiger partial charge in [0.2, 0.25) is 11.9 Å². The van der Waals surface area contributed by atoms with E-state index < -0.39 is 16.5 Å². The van der Waals surface area contributed by atoms with Crippen molar-refractivity contribution in [2.45, 2.75) is 38.4 Å². The van der Waals surface area contributed by atoms with E-state index in [1.165, 1.54) is 0 Å². The first kappa shape index (κ1) is 20.6. The summed E-state index contributed by atoms with van der Waals surface area (Å²) >= 11 is 0. The number of aliphatic hydroxyl groups excluding tert-OH is 1. The van der Waals surface area contributed by atoms with Gasteiger partial charge in [0.25, 0.3) is 0 Å². The average Bonchev–Trinajstić information content (AvgIpc) is 3.03. The molecule has 4 rings (SSSR count). The first-order valence-electron chi connectivity index (χ1n) is 9.27. The van der Waals surface area contributed by atoms with E-state index in [4.69, 9.17) is 0 Å². The van der Waals surface area contributed by atoms with Gasteiger partial charge in [0.05, 0.1) is 6.61 Å². The van der Waals surface area contributed by atoms with Crippen LogP contribution in [0.5, 0.6) is 0 Å². The van der Waals surface area contributed by atoms with E-state index >= 15 is 0 Å². The van der Waals surface area contributed by atoms with Crippen molar-refractivity contribution in [1.82, 2.24) is 9.66 Å². The van der Waals surface area contributed by atoms with Crippen molar-refractivity contribution in [1.29, 1.82) is 0 Å². The van der Waals surface area contributed by atoms with Crippen LogP contribution in [0, 0.1) is 0 Å². The average molecular weight is 409 g/mol. The topological polar surface area (TPSA) is 87.5 Å². The first-order valence-corrected chi connectivity index (χ1v) is 9.27. The molecule has 8 nitrogen and oxygen atoms in total. The Balaban J connectivity index is 0.00000225. The molecule has 0 aromatic heterocycles. The monoisotopic (exact) mass is 408 g/mol. The molecule has 0 saturated heterocycles. The highest BCUT2D eigenvalue weighted by molar-refractivity contribution is 5.99. The Morgan fingerprint density at radius 3 is 2.50 bits per heavy atom. The SMILES string of the molecule is CCC(=O)C1(N2c3ccc4c(c3)[N+]2(O)C(CC)N4O)C=CN(CCO)C=C1.[Cl-]. The van der Waals surface area contributed by atoms with E-state index in [2.05, 4.69) is 0 Å². The highest BCUT2D eigenvalue weighted by Gasteiger charge is 2.65. The van der Waals surface area contributed by atoms with Crippen LogP contribution in [-0.2, 0) is 4.79 Å². The van der Waals surface area contributed by atoms with E-state index in [9.17, 15) is 20.3 Å². The number of anilines is 2. The number of hydroxylamine groups is 2. The van der Waals surface area contributed by atoms with Gasteiger partial charge < -0.3 is 22.4 Å². The Morgan fingerprint density at radius 2 is 1.93 bits per heavy atom. The van der Waals surface area contributed by atoms with Gasteiger partial charge in [0, 0.05) is 37.9 Å². The summed E-state index contributed by atoms with van der Waals surface area (Å²) in [6.07, 6.45) is 7.14. The summed E-state index contributed by atoms with van der Waals surface area (Å²) in [5.41, 5.74) is 0.626. The maximum absolute atomic E-state index is 13.1. The Morgan fingerprint density at radius 1 is 1.25 bits per heavy atom. The summed E-state index contributed by atoms with van der Waals surface area (Å²) in [6.45, 7) is 4.09. The van der Waals surface area contributed by atoms with Gasteiger partial charge >= 0.3 is 0 Å². The largest absolute Gasteiger partial charge is 1.00 e. The molecule has 2 atom stereocenters. The Kier molecular flexibility index (Phi) is 5.20. The number of ketones is 1. The minimum atomic E-state index is -1.19. The zero-order valence-electron chi connectivity index (χ0n) is 15.9. The van der Waals surface area contributed by atoms with Gasteiger partial charge in [-0.25, -0.2) is 0 Å². The summed E-state index contributed by atoms with van der Waals surface area (Å²) in [4.78, 5) is 14.9. The summed E-state index contributed by atoms with van der Waals surface area (Å²) in [6, 6.07) is 5.39. The first-order chi connectivity index (χ1) is 12.9. The highest BCUT2D eigenvalue weighted by atomic mass is 35.5. The zero-order chi connectivity index (χ0) is 19.4. The fraction of sp³-hybridized carbons (Fsp3) is 0.421. The second-order valence-corrected chi connectivity index (χ2v) is 7.06. The molecule has 28 heavy (non-hydrogen) atoms. The van der Waals surface area contributed by atoms with E-state index in [1.54, 1.807) is 53.5 Å². The van der Waals surface area contributed by atoms with Gasteiger partial charge in [-0.1, -0.05) is 13.8 Å². The summed E-state index contributed by atoms with van der Waals surface area (Å²) in [5.74, 6) is -0.0690. The van der Waals surface area contributed by atoms with Crippen molar-refractivity contribution < 1.29 is 32.7 Å². The lowest BCUT2D eigenvalue weighted by Gasteiger charge is -2.46. The van der Waals surface area contributed by atoms with Crippen LogP contribution in [0.3, 0.4) is 0 Å². The lowest BCUT2D eigenvalue weighted by atomic mass is 9.89. The molecule has 0 amide bonds. The molecule has 2 bridgehead atoms. The second-order valence-electron chi connectivity index (χ2n) is 7.06. The molecule has 0 saturated carbocycles. The van der Waals surface area contributed by atoms with E-state index in [1.807, 2.05) is 13.0 Å². The predicted octanol–water partition coefficient (Wildman–Crippen LogP) is -0.879. The maximum atomic E-state index is 13.1. The molecule has 1 aromatic carbocycles. The van der Waals surface area contributed by atoms with Crippen LogP contribution < -0.4 is 27.2 Å². The maximum Gasteiger partial charge on any atom is 0.246 e. The molecule has 3 heterocycles. The van der Waals surface area contributed by atoms with Crippen molar-refractivity contribution in [3.05, 3.63) is 42.8 Å². The number of fused-ring (bicyclic) bond motifs is 1. The molecule has 0 fully saturated rings. The number of β-amino-alcohol motifs (C(OH)–C–C–N with tert-alkyl or cyclic N) is 1. The molecule has 3 aliphatic rings. The Bertz CT molecular complexity index is 831. The number of aliphatic hydroxyl groups is 1. The molecule has 3 N–H and O–H groups in total. The molecule has 2 unspecified atom stereocenters. The number of halogens is 1. The molecular formula is C19H25ClN4O4. The number of benzene rings is 1. The lowest BCUT2D eigenvalue weighted by molar-refractivity contribution is -0.146. The predicted molar refractivity (Wildman–Crippen MR) is 101 cm³/mol. The minimum absolute atomic E-state index is 0. The minimum Gasteiger partial charge on any atom is -1.00 e. The summed E-state index contributed by atoms with van der Waals surface area (Å²) < 4.78 is -0.662. The Labute approximate surface area is 170 Å². The number of hydrogen-bond donors (Lipinski definition) is 3. The fourth-order valence-electron chi connectivity index (χ4n) is 4.40. The second kappa shape index (κ2) is 7.06. The third-order valence-corrected chi connectivity index (χ3v) is 5.69. The van der Waals surface area contributed by atoms with Gasteiger partial charge in [-0.2, -0.15) is 15.3 Å². The van der Waals surface area contributed by atoms with E-state index in [0.29, 0.717) is 24.3 Å². The standard InChI is InChI=1S/C19H25N4O4.ClH/c1-3-17(25)19(7-9-20(10-8-19)11-12-24)22-14-5-6-15-16(13-14)23(22,27)18(4-2)21(15)26;/h5-10,13,18,24,26-27H,3-4,11-12H2,1-2H3;1H/q+1;/p-1. The molecule has 0 aliphatic carbocycles. The quantitative estimate of drug-likeness (QED) is 0.527. The van der Waals surface area contributed by atoms with Gasteiger partial charge in [0.1, 0.15) is 11.4 Å². The van der Waals surface area contributed by atoms with Crippen LogP contribution in [0.2, 0.25) is 0 Å². The number of Topliss-reactive ketones (excluding diaryl/α,β-unsaturated/α-hetero) is 1. The third kappa shape index (κ3) is 2.42. The van der Waals surface area contributed by atoms with Crippen LogP contribution in [-0.4, -0.2) is 51.1 Å². The number of carbonyl (C=O) groups excluding carboxylic acids is 1. The fourth-order valence-corrected chi connectivity index (χ4v) is 4.40. The van der Waals surface area contributed by atoms with Crippen molar-refractivity contribution in [2.24, 2.45) is 0 Å². The van der Waals surface area contributed by atoms with E-state index in [-0.39, 0.29) is 31.2 Å². The number of rotatable bonds is 6. The summed E-state index contributed by atoms with van der Waals surface area (Å²) in [5, 5.41) is 34.3. The van der Waals surface area contributed by atoms with Gasteiger partial charge in [0.15, 0.2) is 11.3 Å². The van der Waals surface area contributed by atoms with Crippen LogP contribution in [0.25, 0.3) is 0 Å². The van der Waals surface area contributed by atoms with Crippen LogP contribution >= 0.6 is 0 Å². The number of carbonyl (C=O) groups is 1. The van der Waals surface area contributed by atoms with Gasteiger partial charge in [-0.15, -0.1) is 0 Å². The van der Waals surface area contributed by atoms with Crippen LogP contribution in [0.1, 0.15) is 26.7 Å². The van der Waals surface area contributed by atoms with Crippen LogP contribution in [0.4, 0.5) is 17.1 Å². The van der Waals surface area contributed by atoms with Crippen molar-refractivity contribution in [2.75, 3.05) is 23.2 Å². The van der Waals surface area contributed by atoms with Gasteiger partial charge in [-0.05, 0) is 29.0 Å². The molecule has 9 heteroatoms. The molecule has 152 valence electrons. The van der Waals surface area contributed by atoms with Crippen molar-refractivity contribution in [3.63, 3.8) is 0 Å². The lowest BCUT2D eigenvalue weighted by Crippen LogP contribution is -3.00. The highest BCUT2D eigenvalue weighted by Crippen LogP contribution is 2.55. The number of nitrogens with zero attached hydrogens (tertiary/aromatic N) is 4. The van der Waals surface area contributed by atoms with Crippen LogP contribution in [0.15, 0.2) is 42.8 Å². The molecule has 3 aliphatic heterocycles. The van der Waals surface area contributed by atoms with Crippen molar-refractivity contribution in [3.8, 4) is 0 Å². The zero-order valence-corrected chi connectivity index (χ0v) is 16.6. The smallest absolute Gasteiger partial charge is 0.246 e. The molecule has 1 aromatic rings.